The van der Waals surface area contributed by atoms with Crippen molar-refractivity contribution >= 4 is 27.7 Å². The van der Waals surface area contributed by atoms with Crippen LogP contribution in [-0.4, -0.2) is 87.2 Å². The predicted molar refractivity (Wildman–Crippen MR) is 122 cm³/mol. The van der Waals surface area contributed by atoms with Crippen molar-refractivity contribution in [3.63, 3.8) is 0 Å². The number of imide groups is 1. The van der Waals surface area contributed by atoms with Gasteiger partial charge in [0.25, 0.3) is 0 Å². The summed E-state index contributed by atoms with van der Waals surface area (Å²) in [4.78, 5) is 41.1. The first-order valence-electron chi connectivity index (χ1n) is 11.6. The summed E-state index contributed by atoms with van der Waals surface area (Å²) in [6.07, 6.45) is 4.52. The summed E-state index contributed by atoms with van der Waals surface area (Å²) in [5.74, 6) is -0.0983. The molecule has 4 rings (SSSR count). The Labute approximate surface area is 199 Å². The lowest BCUT2D eigenvalue weighted by molar-refractivity contribution is -0.148. The molecule has 186 valence electrons. The standard InChI is InChI=1S/C23H31N3O7S/c1-32-18-7-6-17(14-19(18)33-2)34(30,31)25-12-10-24(11-13-25)21(28)16-26-20(27)15-23(22(26)29)8-4-3-5-9-23/h6-7,14H,3-5,8-13,15-16H2,1-2H3. The lowest BCUT2D eigenvalue weighted by Crippen LogP contribution is -2.53. The molecule has 11 heteroatoms. The molecule has 0 atom stereocenters. The topological polar surface area (TPSA) is 114 Å². The molecule has 1 aromatic rings. The second-order valence-corrected chi connectivity index (χ2v) is 11.0. The van der Waals surface area contributed by atoms with Crippen LogP contribution in [0.1, 0.15) is 38.5 Å². The highest BCUT2D eigenvalue weighted by Gasteiger charge is 2.52. The van der Waals surface area contributed by atoms with Crippen LogP contribution in [0.2, 0.25) is 0 Å². The Balaban J connectivity index is 1.37. The van der Waals surface area contributed by atoms with Crippen molar-refractivity contribution in [2.75, 3.05) is 46.9 Å². The van der Waals surface area contributed by atoms with Crippen molar-refractivity contribution in [2.45, 2.75) is 43.4 Å². The van der Waals surface area contributed by atoms with Gasteiger partial charge in [-0.1, -0.05) is 19.3 Å². The van der Waals surface area contributed by atoms with Crippen molar-refractivity contribution in [3.8, 4) is 11.5 Å². The van der Waals surface area contributed by atoms with Crippen LogP contribution < -0.4 is 9.47 Å². The number of sulfonamides is 1. The van der Waals surface area contributed by atoms with E-state index in [1.54, 1.807) is 0 Å². The minimum Gasteiger partial charge on any atom is -0.493 e. The summed E-state index contributed by atoms with van der Waals surface area (Å²) in [7, 11) is -0.878. The molecule has 0 bridgehead atoms. The second kappa shape index (κ2) is 9.53. The van der Waals surface area contributed by atoms with Crippen molar-refractivity contribution in [1.29, 1.82) is 0 Å². The lowest BCUT2D eigenvalue weighted by Gasteiger charge is -2.35. The van der Waals surface area contributed by atoms with Crippen LogP contribution in [0.25, 0.3) is 0 Å². The molecule has 2 saturated heterocycles. The summed E-state index contributed by atoms with van der Waals surface area (Å²) in [6.45, 7) is 0.337. The number of piperazine rings is 1. The zero-order valence-electron chi connectivity index (χ0n) is 19.6. The van der Waals surface area contributed by atoms with E-state index in [1.165, 1.54) is 41.6 Å². The zero-order valence-corrected chi connectivity index (χ0v) is 20.4. The number of methoxy groups -OCH3 is 2. The Hall–Kier alpha value is -2.66. The summed E-state index contributed by atoms with van der Waals surface area (Å²) in [5.41, 5.74) is -0.623. The maximum absolute atomic E-state index is 13.1. The van der Waals surface area contributed by atoms with Gasteiger partial charge in [-0.05, 0) is 25.0 Å². The van der Waals surface area contributed by atoms with Gasteiger partial charge < -0.3 is 14.4 Å². The zero-order chi connectivity index (χ0) is 24.5. The van der Waals surface area contributed by atoms with E-state index in [0.29, 0.717) is 24.3 Å². The summed E-state index contributed by atoms with van der Waals surface area (Å²) < 4.78 is 37.9. The SMILES string of the molecule is COc1ccc(S(=O)(=O)N2CCN(C(=O)CN3C(=O)CC4(CCCCC4)C3=O)CC2)cc1OC. The van der Waals surface area contributed by atoms with Crippen LogP contribution in [0.3, 0.4) is 0 Å². The lowest BCUT2D eigenvalue weighted by atomic mass is 9.73. The minimum atomic E-state index is -3.79. The first-order valence-corrected chi connectivity index (χ1v) is 13.0. The third-order valence-electron chi connectivity index (χ3n) is 7.18. The Morgan fingerprint density at radius 3 is 2.24 bits per heavy atom. The summed E-state index contributed by atoms with van der Waals surface area (Å²) >= 11 is 0. The number of hydrogen-bond acceptors (Lipinski definition) is 7. The van der Waals surface area contributed by atoms with Crippen molar-refractivity contribution < 1.29 is 32.3 Å². The molecule has 34 heavy (non-hydrogen) atoms. The van der Waals surface area contributed by atoms with E-state index >= 15 is 0 Å². The highest BCUT2D eigenvalue weighted by atomic mass is 32.2. The van der Waals surface area contributed by atoms with Crippen LogP contribution in [0.15, 0.2) is 23.1 Å². The van der Waals surface area contributed by atoms with Gasteiger partial charge in [-0.25, -0.2) is 8.42 Å². The Bertz CT molecular complexity index is 1070. The van der Waals surface area contributed by atoms with E-state index in [4.69, 9.17) is 9.47 Å². The molecular formula is C23H31N3O7S. The number of nitrogens with zero attached hydrogens (tertiary/aromatic N) is 3. The van der Waals surface area contributed by atoms with Crippen molar-refractivity contribution in [1.82, 2.24) is 14.1 Å². The number of carbonyl (C=O) groups excluding carboxylic acids is 3. The first kappa shape index (κ1) is 24.5. The highest BCUT2D eigenvalue weighted by molar-refractivity contribution is 7.89. The third kappa shape index (κ3) is 4.38. The van der Waals surface area contributed by atoms with Crippen molar-refractivity contribution in [3.05, 3.63) is 18.2 Å². The Kier molecular flexibility index (Phi) is 6.86. The molecule has 1 saturated carbocycles. The molecule has 1 aromatic carbocycles. The molecule has 0 aromatic heterocycles. The third-order valence-corrected chi connectivity index (χ3v) is 9.07. The minimum absolute atomic E-state index is 0.0796. The fourth-order valence-corrected chi connectivity index (χ4v) is 6.62. The predicted octanol–water partition coefficient (Wildman–Crippen LogP) is 1.25. The molecular weight excluding hydrogens is 462 g/mol. The number of hydrogen-bond donors (Lipinski definition) is 0. The molecule has 0 radical (unpaired) electrons. The average Bonchev–Trinajstić information content (AvgIpc) is 3.07. The molecule has 2 heterocycles. The van der Waals surface area contributed by atoms with Gasteiger partial charge in [0.1, 0.15) is 6.54 Å². The van der Waals surface area contributed by atoms with Gasteiger partial charge in [-0.15, -0.1) is 0 Å². The van der Waals surface area contributed by atoms with Gasteiger partial charge in [-0.2, -0.15) is 4.31 Å². The van der Waals surface area contributed by atoms with E-state index in [1.807, 2.05) is 0 Å². The molecule has 3 fully saturated rings. The Morgan fingerprint density at radius 1 is 0.971 bits per heavy atom. The summed E-state index contributed by atoms with van der Waals surface area (Å²) in [6, 6.07) is 4.41. The fraction of sp³-hybridized carbons (Fsp3) is 0.609. The number of amides is 3. The first-order chi connectivity index (χ1) is 16.2. The highest BCUT2D eigenvalue weighted by Crippen LogP contribution is 2.45. The van der Waals surface area contributed by atoms with E-state index in [0.717, 1.165) is 24.2 Å². The quantitative estimate of drug-likeness (QED) is 0.548. The normalized spacial score (nSPS) is 21.2. The number of likely N-dealkylation sites (tertiary alicyclic amines) is 1. The van der Waals surface area contributed by atoms with Crippen LogP contribution in [0.5, 0.6) is 11.5 Å². The Morgan fingerprint density at radius 2 is 1.62 bits per heavy atom. The number of rotatable bonds is 6. The largest absolute Gasteiger partial charge is 0.493 e. The van der Waals surface area contributed by atoms with E-state index in [9.17, 15) is 22.8 Å². The maximum atomic E-state index is 13.1. The maximum Gasteiger partial charge on any atom is 0.243 e. The van der Waals surface area contributed by atoms with E-state index in [2.05, 4.69) is 0 Å². The average molecular weight is 494 g/mol. The number of ether oxygens (including phenoxy) is 2. The van der Waals surface area contributed by atoms with Gasteiger partial charge in [0, 0.05) is 38.7 Å². The van der Waals surface area contributed by atoms with Gasteiger partial charge in [-0.3, -0.25) is 19.3 Å². The van der Waals surface area contributed by atoms with Crippen molar-refractivity contribution in [2.24, 2.45) is 5.41 Å². The van der Waals surface area contributed by atoms with Gasteiger partial charge in [0.05, 0.1) is 24.5 Å². The van der Waals surface area contributed by atoms with Gasteiger partial charge >= 0.3 is 0 Å². The second-order valence-electron chi connectivity index (χ2n) is 9.10. The van der Waals surface area contributed by atoms with Gasteiger partial charge in [0.15, 0.2) is 11.5 Å². The molecule has 0 unspecified atom stereocenters. The molecule has 10 nitrogen and oxygen atoms in total. The van der Waals surface area contributed by atoms with E-state index < -0.39 is 15.4 Å². The van der Waals surface area contributed by atoms with Crippen LogP contribution in [0.4, 0.5) is 0 Å². The van der Waals surface area contributed by atoms with Crippen LogP contribution >= 0.6 is 0 Å². The molecule has 1 aliphatic carbocycles. The number of carbonyl (C=O) groups is 3. The molecule has 3 aliphatic rings. The monoisotopic (exact) mass is 493 g/mol. The fourth-order valence-electron chi connectivity index (χ4n) is 5.18. The molecule has 1 spiro atoms. The summed E-state index contributed by atoms with van der Waals surface area (Å²) in [5, 5.41) is 0. The molecule has 0 N–H and O–H groups in total. The smallest absolute Gasteiger partial charge is 0.243 e. The molecule has 3 amide bonds. The van der Waals surface area contributed by atoms with E-state index in [-0.39, 0.29) is 61.8 Å². The van der Waals surface area contributed by atoms with Gasteiger partial charge in [0.2, 0.25) is 27.7 Å². The van der Waals surface area contributed by atoms with Crippen LogP contribution in [-0.2, 0) is 24.4 Å². The molecule has 2 aliphatic heterocycles. The number of benzene rings is 1. The van der Waals surface area contributed by atoms with Crippen LogP contribution in [0, 0.1) is 5.41 Å².